The maximum atomic E-state index is 6.42. The summed E-state index contributed by atoms with van der Waals surface area (Å²) in [5, 5.41) is 1.09. The Morgan fingerprint density at radius 2 is 0.804 bits per heavy atom. The number of furan rings is 1. The lowest BCUT2D eigenvalue weighted by molar-refractivity contribution is 0.631. The maximum Gasteiger partial charge on any atom is 0.137 e. The summed E-state index contributed by atoms with van der Waals surface area (Å²) in [6.07, 6.45) is 0. The average Bonchev–Trinajstić information content (AvgIpc) is 3.58. The summed E-state index contributed by atoms with van der Waals surface area (Å²) in [7, 11) is 0. The zero-order chi connectivity index (χ0) is 30.7. The van der Waals surface area contributed by atoms with E-state index in [1.54, 1.807) is 0 Å². The maximum absolute atomic E-state index is 6.42. The van der Waals surface area contributed by atoms with Crippen molar-refractivity contribution >= 4 is 28.0 Å². The molecule has 0 amide bonds. The summed E-state index contributed by atoms with van der Waals surface area (Å²) in [4.78, 5) is 2.35. The van der Waals surface area contributed by atoms with Crippen LogP contribution < -0.4 is 4.90 Å². The molecule has 0 spiro atoms. The first-order valence-electron chi connectivity index (χ1n) is 15.6. The predicted molar refractivity (Wildman–Crippen MR) is 193 cm³/mol. The molecule has 0 fully saturated rings. The second kappa shape index (κ2) is 12.1. The smallest absolute Gasteiger partial charge is 0.137 e. The molecule has 0 unspecified atom stereocenters. The van der Waals surface area contributed by atoms with E-state index < -0.39 is 0 Å². The van der Waals surface area contributed by atoms with Crippen molar-refractivity contribution in [3.05, 3.63) is 188 Å². The predicted octanol–water partition coefficient (Wildman–Crippen LogP) is 12.6. The first kappa shape index (κ1) is 27.4. The van der Waals surface area contributed by atoms with E-state index in [0.717, 1.165) is 44.9 Å². The minimum absolute atomic E-state index is 0.842. The third-order valence-corrected chi connectivity index (χ3v) is 8.52. The Balaban J connectivity index is 1.25. The summed E-state index contributed by atoms with van der Waals surface area (Å²) in [5.41, 5.74) is 12.2. The molecule has 2 nitrogen and oxygen atoms in total. The van der Waals surface area contributed by atoms with Gasteiger partial charge in [-0.05, 0) is 70.3 Å². The Kier molecular flexibility index (Phi) is 7.22. The largest absolute Gasteiger partial charge is 0.456 e. The first-order valence-corrected chi connectivity index (χ1v) is 15.6. The van der Waals surface area contributed by atoms with Crippen LogP contribution in [0.1, 0.15) is 0 Å². The first-order chi connectivity index (χ1) is 22.8. The average molecular weight is 590 g/mol. The molecule has 0 N–H and O–H groups in total. The molecule has 0 radical (unpaired) electrons. The van der Waals surface area contributed by atoms with Crippen molar-refractivity contribution in [3.63, 3.8) is 0 Å². The van der Waals surface area contributed by atoms with Gasteiger partial charge in [0.15, 0.2) is 0 Å². The van der Waals surface area contributed by atoms with Crippen LogP contribution in [0.2, 0.25) is 0 Å². The van der Waals surface area contributed by atoms with Crippen LogP contribution in [0.25, 0.3) is 55.7 Å². The Labute approximate surface area is 269 Å². The number of benzene rings is 7. The van der Waals surface area contributed by atoms with Crippen LogP contribution in [0, 0.1) is 0 Å². The summed E-state index contributed by atoms with van der Waals surface area (Å²) in [6, 6.07) is 66.2. The number of nitrogens with zero attached hydrogens (tertiary/aromatic N) is 1. The molecule has 0 atom stereocenters. The van der Waals surface area contributed by atoms with Crippen molar-refractivity contribution in [1.82, 2.24) is 0 Å². The van der Waals surface area contributed by atoms with Gasteiger partial charge in [-0.3, -0.25) is 0 Å². The van der Waals surface area contributed by atoms with Crippen LogP contribution >= 0.6 is 0 Å². The fourth-order valence-corrected chi connectivity index (χ4v) is 6.22. The lowest BCUT2D eigenvalue weighted by atomic mass is 9.99. The van der Waals surface area contributed by atoms with E-state index in [0.29, 0.717) is 0 Å². The summed E-state index contributed by atoms with van der Waals surface area (Å²) < 4.78 is 6.42. The molecule has 0 saturated heterocycles. The van der Waals surface area contributed by atoms with Crippen LogP contribution in [0.3, 0.4) is 0 Å². The Bertz CT molecular complexity index is 2200. The molecule has 0 aliphatic carbocycles. The molecule has 1 aromatic heterocycles. The van der Waals surface area contributed by atoms with E-state index in [4.69, 9.17) is 4.42 Å². The van der Waals surface area contributed by atoms with Gasteiger partial charge < -0.3 is 9.32 Å². The Morgan fingerprint density at radius 1 is 0.348 bits per heavy atom. The van der Waals surface area contributed by atoms with Crippen LogP contribution in [-0.2, 0) is 0 Å². The SMILES string of the molecule is c1ccc(-c2ccc(-c3ccc(N(c4ccccc4-c4ccccc4)c4ccccc4-c4cc5ccccc5o4)cc3)cc2)cc1. The van der Waals surface area contributed by atoms with Crippen LogP contribution in [0.4, 0.5) is 17.1 Å². The van der Waals surface area contributed by atoms with Crippen molar-refractivity contribution in [3.8, 4) is 44.7 Å². The number of fused-ring (bicyclic) bond motifs is 1. The minimum atomic E-state index is 0.842. The zero-order valence-electron chi connectivity index (χ0n) is 25.3. The lowest BCUT2D eigenvalue weighted by Crippen LogP contribution is -2.12. The number of hydrogen-bond acceptors (Lipinski definition) is 2. The monoisotopic (exact) mass is 589 g/mol. The lowest BCUT2D eigenvalue weighted by Gasteiger charge is -2.29. The molecule has 0 bridgehead atoms. The highest BCUT2D eigenvalue weighted by Crippen LogP contribution is 2.45. The fraction of sp³-hybridized carbons (Fsp3) is 0. The van der Waals surface area contributed by atoms with E-state index in [1.807, 2.05) is 18.2 Å². The molecule has 218 valence electrons. The number of hydrogen-bond donors (Lipinski definition) is 0. The van der Waals surface area contributed by atoms with Crippen LogP contribution in [0.5, 0.6) is 0 Å². The van der Waals surface area contributed by atoms with Crippen molar-refractivity contribution in [2.45, 2.75) is 0 Å². The molecule has 0 aliphatic heterocycles. The summed E-state index contributed by atoms with van der Waals surface area (Å²) in [6.45, 7) is 0. The van der Waals surface area contributed by atoms with E-state index in [2.05, 4.69) is 175 Å². The van der Waals surface area contributed by atoms with Gasteiger partial charge in [0.25, 0.3) is 0 Å². The topological polar surface area (TPSA) is 16.4 Å². The van der Waals surface area contributed by atoms with Gasteiger partial charge in [0, 0.05) is 22.2 Å². The normalized spacial score (nSPS) is 11.0. The molecule has 7 aromatic carbocycles. The van der Waals surface area contributed by atoms with Crippen molar-refractivity contribution in [2.24, 2.45) is 0 Å². The third kappa shape index (κ3) is 5.27. The van der Waals surface area contributed by atoms with Crippen molar-refractivity contribution < 1.29 is 4.42 Å². The molecular formula is C44H31NO. The summed E-state index contributed by atoms with van der Waals surface area (Å²) >= 11 is 0. The van der Waals surface area contributed by atoms with Gasteiger partial charge in [0.2, 0.25) is 0 Å². The highest BCUT2D eigenvalue weighted by atomic mass is 16.3. The highest BCUT2D eigenvalue weighted by molar-refractivity contribution is 5.94. The molecular weight excluding hydrogens is 558 g/mol. The quantitative estimate of drug-likeness (QED) is 0.184. The van der Waals surface area contributed by atoms with Gasteiger partial charge >= 0.3 is 0 Å². The summed E-state index contributed by atoms with van der Waals surface area (Å²) in [5.74, 6) is 0.842. The van der Waals surface area contributed by atoms with E-state index >= 15 is 0 Å². The second-order valence-electron chi connectivity index (χ2n) is 11.4. The van der Waals surface area contributed by atoms with Crippen molar-refractivity contribution in [2.75, 3.05) is 4.90 Å². The second-order valence-corrected chi connectivity index (χ2v) is 11.4. The zero-order valence-corrected chi connectivity index (χ0v) is 25.3. The van der Waals surface area contributed by atoms with E-state index in [-0.39, 0.29) is 0 Å². The fourth-order valence-electron chi connectivity index (χ4n) is 6.22. The van der Waals surface area contributed by atoms with E-state index in [9.17, 15) is 0 Å². The Hall–Kier alpha value is -6.12. The molecule has 0 saturated carbocycles. The van der Waals surface area contributed by atoms with Crippen LogP contribution in [0.15, 0.2) is 192 Å². The molecule has 46 heavy (non-hydrogen) atoms. The standard InChI is InChI=1S/C44H31NO/c1-3-13-32(14-4-1)33-23-25-34(26-24-33)35-27-29-38(30-28-35)45(41-20-10-8-18-39(41)36-15-5-2-6-16-36)42-21-11-9-19-40(42)44-31-37-17-7-12-22-43(37)46-44/h1-31H. The van der Waals surface area contributed by atoms with Gasteiger partial charge in [-0.25, -0.2) is 0 Å². The molecule has 2 heteroatoms. The number of para-hydroxylation sites is 3. The van der Waals surface area contributed by atoms with Gasteiger partial charge in [0.1, 0.15) is 11.3 Å². The van der Waals surface area contributed by atoms with Gasteiger partial charge in [-0.15, -0.1) is 0 Å². The number of anilines is 3. The third-order valence-electron chi connectivity index (χ3n) is 8.52. The molecule has 8 aromatic rings. The minimum Gasteiger partial charge on any atom is -0.456 e. The number of rotatable bonds is 7. The van der Waals surface area contributed by atoms with Crippen molar-refractivity contribution in [1.29, 1.82) is 0 Å². The molecule has 1 heterocycles. The Morgan fingerprint density at radius 3 is 1.43 bits per heavy atom. The van der Waals surface area contributed by atoms with E-state index in [1.165, 1.54) is 27.8 Å². The van der Waals surface area contributed by atoms with Gasteiger partial charge in [-0.2, -0.15) is 0 Å². The van der Waals surface area contributed by atoms with Gasteiger partial charge in [-0.1, -0.05) is 146 Å². The van der Waals surface area contributed by atoms with Gasteiger partial charge in [0.05, 0.1) is 11.4 Å². The molecule has 0 aliphatic rings. The highest BCUT2D eigenvalue weighted by Gasteiger charge is 2.21. The molecule has 8 rings (SSSR count). The van der Waals surface area contributed by atoms with Crippen LogP contribution in [-0.4, -0.2) is 0 Å².